The van der Waals surface area contributed by atoms with E-state index in [1.807, 2.05) is 54.6 Å². The van der Waals surface area contributed by atoms with Crippen molar-refractivity contribution in [2.45, 2.75) is 0 Å². The van der Waals surface area contributed by atoms with Crippen LogP contribution in [0.2, 0.25) is 0 Å². The van der Waals surface area contributed by atoms with Gasteiger partial charge in [0.1, 0.15) is 22.6 Å². The molecule has 2 N–H and O–H groups in total. The zero-order valence-corrected chi connectivity index (χ0v) is 16.6. The van der Waals surface area contributed by atoms with E-state index in [-0.39, 0.29) is 5.69 Å². The topological polar surface area (TPSA) is 93.6 Å². The van der Waals surface area contributed by atoms with Crippen LogP contribution in [0.25, 0.3) is 32.8 Å². The number of aromatic amines is 1. The van der Waals surface area contributed by atoms with Gasteiger partial charge in [-0.2, -0.15) is 0 Å². The summed E-state index contributed by atoms with van der Waals surface area (Å²) in [6, 6.07) is 20.4. The fraction of sp³-hybridized carbons (Fsp3) is 0.0833. The fourth-order valence-corrected chi connectivity index (χ4v) is 3.60. The third-order valence-corrected chi connectivity index (χ3v) is 5.06. The minimum atomic E-state index is -0.606. The number of nitrogens with one attached hydrogen (secondary N) is 2. The molecule has 0 saturated carbocycles. The molecule has 0 aliphatic heterocycles. The molecule has 0 saturated heterocycles. The number of esters is 1. The molecule has 0 aliphatic rings. The second-order valence-electron chi connectivity index (χ2n) is 7.04. The Balaban J connectivity index is 1.32. The van der Waals surface area contributed by atoms with E-state index in [9.17, 15) is 9.59 Å². The van der Waals surface area contributed by atoms with E-state index >= 15 is 0 Å². The van der Waals surface area contributed by atoms with Crippen molar-refractivity contribution in [2.24, 2.45) is 0 Å². The average molecular weight is 414 g/mol. The first-order valence-corrected chi connectivity index (χ1v) is 9.66. The third-order valence-electron chi connectivity index (χ3n) is 5.06. The number of carbonyl (C=O) groups excluding carboxylic acids is 2. The molecule has 3 aromatic carbocycles. The molecular weight excluding hydrogens is 396 g/mol. The zero-order valence-electron chi connectivity index (χ0n) is 16.6. The van der Waals surface area contributed by atoms with Gasteiger partial charge in [-0.3, -0.25) is 4.79 Å². The molecular formula is C24H18N2O5. The summed E-state index contributed by atoms with van der Waals surface area (Å²) in [5.41, 5.74) is 2.90. The smallest absolute Gasteiger partial charge is 0.355 e. The number of furan rings is 1. The second kappa shape index (κ2) is 7.53. The van der Waals surface area contributed by atoms with E-state index in [0.29, 0.717) is 17.0 Å². The van der Waals surface area contributed by atoms with E-state index in [1.54, 1.807) is 12.1 Å². The molecule has 7 heteroatoms. The van der Waals surface area contributed by atoms with Gasteiger partial charge in [0.15, 0.2) is 6.61 Å². The first-order valence-electron chi connectivity index (χ1n) is 9.66. The quantitative estimate of drug-likeness (QED) is 0.400. The highest BCUT2D eigenvalue weighted by Crippen LogP contribution is 2.36. The van der Waals surface area contributed by atoms with Gasteiger partial charge < -0.3 is 24.2 Å². The second-order valence-corrected chi connectivity index (χ2v) is 7.04. The highest BCUT2D eigenvalue weighted by Gasteiger charge is 2.16. The van der Waals surface area contributed by atoms with Crippen LogP contribution >= 0.6 is 0 Å². The molecule has 0 unspecified atom stereocenters. The highest BCUT2D eigenvalue weighted by atomic mass is 16.5. The number of hydrogen-bond donors (Lipinski definition) is 2. The lowest BCUT2D eigenvalue weighted by atomic mass is 10.1. The Labute approximate surface area is 176 Å². The molecule has 7 nitrogen and oxygen atoms in total. The number of carbonyl (C=O) groups is 2. The van der Waals surface area contributed by atoms with Gasteiger partial charge in [0, 0.05) is 27.7 Å². The largest absolute Gasteiger partial charge is 0.495 e. The maximum absolute atomic E-state index is 12.4. The molecule has 2 aromatic heterocycles. The molecule has 0 atom stereocenters. The summed E-state index contributed by atoms with van der Waals surface area (Å²) in [4.78, 5) is 27.7. The molecule has 0 bridgehead atoms. The van der Waals surface area contributed by atoms with Crippen molar-refractivity contribution in [3.8, 4) is 5.75 Å². The molecule has 5 aromatic rings. The summed E-state index contributed by atoms with van der Waals surface area (Å²) in [5, 5.41) is 5.46. The molecule has 0 aliphatic carbocycles. The zero-order chi connectivity index (χ0) is 21.4. The molecule has 2 heterocycles. The van der Waals surface area contributed by atoms with Crippen molar-refractivity contribution in [1.82, 2.24) is 4.98 Å². The van der Waals surface area contributed by atoms with E-state index in [2.05, 4.69) is 10.3 Å². The molecule has 31 heavy (non-hydrogen) atoms. The lowest BCUT2D eigenvalue weighted by Gasteiger charge is -2.10. The molecule has 0 radical (unpaired) electrons. The highest BCUT2D eigenvalue weighted by molar-refractivity contribution is 6.08. The Hall–Kier alpha value is -4.26. The van der Waals surface area contributed by atoms with Gasteiger partial charge in [-0.05, 0) is 24.3 Å². The van der Waals surface area contributed by atoms with Crippen molar-refractivity contribution in [2.75, 3.05) is 19.0 Å². The van der Waals surface area contributed by atoms with Crippen molar-refractivity contribution in [3.05, 3.63) is 72.4 Å². The van der Waals surface area contributed by atoms with Crippen LogP contribution in [0.4, 0.5) is 5.69 Å². The van der Waals surface area contributed by atoms with E-state index in [1.165, 1.54) is 7.11 Å². The van der Waals surface area contributed by atoms with Gasteiger partial charge >= 0.3 is 5.97 Å². The first kappa shape index (κ1) is 18.7. The number of aromatic nitrogens is 1. The first-order chi connectivity index (χ1) is 15.1. The molecule has 0 fully saturated rings. The number of rotatable bonds is 5. The van der Waals surface area contributed by atoms with E-state index < -0.39 is 18.5 Å². The average Bonchev–Trinajstić information content (AvgIpc) is 3.38. The molecule has 0 spiro atoms. The SMILES string of the molecule is COc1cc2c(cc1NC(=O)COC(=O)c1cc3ccccc3[nH]1)oc1ccccc12. The van der Waals surface area contributed by atoms with Crippen LogP contribution < -0.4 is 10.1 Å². The Morgan fingerprint density at radius 2 is 1.77 bits per heavy atom. The summed E-state index contributed by atoms with van der Waals surface area (Å²) < 4.78 is 16.4. The lowest BCUT2D eigenvalue weighted by Crippen LogP contribution is -2.21. The van der Waals surface area contributed by atoms with Crippen LogP contribution in [-0.4, -0.2) is 30.6 Å². The standard InChI is InChI=1S/C24H18N2O5/c1-29-22-11-16-15-7-3-5-9-20(15)31-21(16)12-18(22)26-23(27)13-30-24(28)19-10-14-6-2-4-8-17(14)25-19/h2-12,25H,13H2,1H3,(H,26,27). The number of hydrogen-bond acceptors (Lipinski definition) is 5. The van der Waals surface area contributed by atoms with Gasteiger partial charge in [-0.15, -0.1) is 0 Å². The Morgan fingerprint density at radius 3 is 2.61 bits per heavy atom. The van der Waals surface area contributed by atoms with Gasteiger partial charge in [0.05, 0.1) is 12.8 Å². The number of anilines is 1. The third kappa shape index (κ3) is 3.46. The predicted octanol–water partition coefficient (Wildman–Crippen LogP) is 4.87. The van der Waals surface area contributed by atoms with Crippen LogP contribution in [0.15, 0.2) is 71.1 Å². The van der Waals surface area contributed by atoms with Gasteiger partial charge in [-0.1, -0.05) is 36.4 Å². The molecule has 5 rings (SSSR count). The monoisotopic (exact) mass is 414 g/mol. The van der Waals surface area contributed by atoms with Crippen LogP contribution in [0.1, 0.15) is 10.5 Å². The van der Waals surface area contributed by atoms with E-state index in [0.717, 1.165) is 27.3 Å². The summed E-state index contributed by atoms with van der Waals surface area (Å²) in [6.45, 7) is -0.435. The van der Waals surface area contributed by atoms with Crippen LogP contribution in [0.5, 0.6) is 5.75 Å². The Bertz CT molecular complexity index is 1410. The summed E-state index contributed by atoms with van der Waals surface area (Å²) in [6.07, 6.45) is 0. The summed E-state index contributed by atoms with van der Waals surface area (Å²) >= 11 is 0. The lowest BCUT2D eigenvalue weighted by molar-refractivity contribution is -0.119. The Morgan fingerprint density at radius 1 is 0.968 bits per heavy atom. The van der Waals surface area contributed by atoms with Gasteiger partial charge in [-0.25, -0.2) is 4.79 Å². The maximum Gasteiger partial charge on any atom is 0.355 e. The fourth-order valence-electron chi connectivity index (χ4n) is 3.60. The van der Waals surface area contributed by atoms with E-state index in [4.69, 9.17) is 13.9 Å². The number of ether oxygens (including phenoxy) is 2. The molecule has 154 valence electrons. The van der Waals surface area contributed by atoms with Gasteiger partial charge in [0.25, 0.3) is 5.91 Å². The number of benzene rings is 3. The summed E-state index contributed by atoms with van der Waals surface area (Å²) in [5.74, 6) is -0.612. The number of para-hydroxylation sites is 2. The van der Waals surface area contributed by atoms with Crippen LogP contribution in [-0.2, 0) is 9.53 Å². The van der Waals surface area contributed by atoms with Crippen LogP contribution in [0, 0.1) is 0 Å². The minimum absolute atomic E-state index is 0.287. The number of H-pyrrole nitrogens is 1. The van der Waals surface area contributed by atoms with Crippen molar-refractivity contribution < 1.29 is 23.5 Å². The van der Waals surface area contributed by atoms with Gasteiger partial charge in [0.2, 0.25) is 0 Å². The number of fused-ring (bicyclic) bond motifs is 4. The normalized spacial score (nSPS) is 11.1. The number of methoxy groups -OCH3 is 1. The predicted molar refractivity (Wildman–Crippen MR) is 117 cm³/mol. The Kier molecular flexibility index (Phi) is 4.55. The van der Waals surface area contributed by atoms with Crippen molar-refractivity contribution in [1.29, 1.82) is 0 Å². The molecule has 1 amide bonds. The summed E-state index contributed by atoms with van der Waals surface area (Å²) in [7, 11) is 1.52. The minimum Gasteiger partial charge on any atom is -0.495 e. The van der Waals surface area contributed by atoms with Crippen molar-refractivity contribution >= 4 is 50.4 Å². The van der Waals surface area contributed by atoms with Crippen molar-refractivity contribution in [3.63, 3.8) is 0 Å². The maximum atomic E-state index is 12.4. The van der Waals surface area contributed by atoms with Crippen LogP contribution in [0.3, 0.4) is 0 Å². The number of amides is 1.